The number of rotatable bonds is 4. The molecule has 0 saturated carbocycles. The summed E-state index contributed by atoms with van der Waals surface area (Å²) >= 11 is 4.94. The monoisotopic (exact) mass is 307 g/mol. The first-order chi connectivity index (χ1) is 10.1. The van der Waals surface area contributed by atoms with Crippen LogP contribution in [0.25, 0.3) is 0 Å². The van der Waals surface area contributed by atoms with Crippen LogP contribution in [0.2, 0.25) is 0 Å². The van der Waals surface area contributed by atoms with E-state index in [2.05, 4.69) is 5.32 Å². The molecule has 21 heavy (non-hydrogen) atoms. The Morgan fingerprint density at radius 1 is 1.43 bits per heavy atom. The number of nitrogens with one attached hydrogen (secondary N) is 1. The van der Waals surface area contributed by atoms with Crippen molar-refractivity contribution in [2.75, 3.05) is 26.2 Å². The summed E-state index contributed by atoms with van der Waals surface area (Å²) in [6, 6.07) is 7.02. The zero-order valence-electron chi connectivity index (χ0n) is 11.5. The number of ether oxygens (including phenoxy) is 1. The van der Waals surface area contributed by atoms with Crippen LogP contribution in [0.1, 0.15) is 12.0 Å². The molecule has 3 N–H and O–H groups in total. The van der Waals surface area contributed by atoms with E-state index in [1.54, 1.807) is 24.3 Å². The summed E-state index contributed by atoms with van der Waals surface area (Å²) in [7, 11) is 0. The van der Waals surface area contributed by atoms with Gasteiger partial charge in [-0.15, -0.1) is 0 Å². The number of carbonyl (C=O) groups is 2. The molecule has 0 aromatic heterocycles. The Morgan fingerprint density at radius 2 is 2.19 bits per heavy atom. The van der Waals surface area contributed by atoms with Crippen LogP contribution in [-0.2, 0) is 9.59 Å². The van der Waals surface area contributed by atoms with Crippen molar-refractivity contribution in [1.82, 2.24) is 10.2 Å². The van der Waals surface area contributed by atoms with Crippen molar-refractivity contribution < 1.29 is 14.3 Å². The van der Waals surface area contributed by atoms with Gasteiger partial charge in [-0.2, -0.15) is 0 Å². The molecule has 7 heteroatoms. The Hall–Kier alpha value is -2.15. The van der Waals surface area contributed by atoms with E-state index in [0.717, 1.165) is 6.42 Å². The van der Waals surface area contributed by atoms with Crippen molar-refractivity contribution in [2.24, 2.45) is 5.73 Å². The molecular weight excluding hydrogens is 290 g/mol. The van der Waals surface area contributed by atoms with Gasteiger partial charge < -0.3 is 20.7 Å². The third kappa shape index (κ3) is 4.16. The predicted molar refractivity (Wildman–Crippen MR) is 82.0 cm³/mol. The molecule has 1 fully saturated rings. The average Bonchev–Trinajstić information content (AvgIpc) is 2.69. The highest BCUT2D eigenvalue weighted by Crippen LogP contribution is 2.17. The molecule has 0 spiro atoms. The lowest BCUT2D eigenvalue weighted by Gasteiger charge is -2.19. The molecule has 1 aromatic rings. The normalized spacial score (nSPS) is 15.0. The fraction of sp³-hybridized carbons (Fsp3) is 0.357. The third-order valence-corrected chi connectivity index (χ3v) is 3.34. The van der Waals surface area contributed by atoms with E-state index in [0.29, 0.717) is 24.4 Å². The fourth-order valence-electron chi connectivity index (χ4n) is 2.05. The summed E-state index contributed by atoms with van der Waals surface area (Å²) in [5, 5.41) is 2.72. The number of hydrogen-bond acceptors (Lipinski definition) is 4. The SMILES string of the molecule is NC(=S)c1ccccc1OCC(=O)N1CCCNC(=O)C1. The highest BCUT2D eigenvalue weighted by molar-refractivity contribution is 7.80. The van der Waals surface area contributed by atoms with Crippen LogP contribution < -0.4 is 15.8 Å². The Morgan fingerprint density at radius 3 is 2.95 bits per heavy atom. The number of amides is 2. The van der Waals surface area contributed by atoms with Gasteiger partial charge in [-0.25, -0.2) is 0 Å². The molecule has 1 aromatic carbocycles. The first-order valence-electron chi connectivity index (χ1n) is 6.64. The molecule has 112 valence electrons. The predicted octanol–water partition coefficient (Wildman–Crippen LogP) is 0.0481. The summed E-state index contributed by atoms with van der Waals surface area (Å²) < 4.78 is 5.50. The van der Waals surface area contributed by atoms with Crippen molar-refractivity contribution in [3.8, 4) is 5.75 Å². The van der Waals surface area contributed by atoms with Gasteiger partial charge in [0, 0.05) is 13.1 Å². The van der Waals surface area contributed by atoms with Gasteiger partial charge in [0.25, 0.3) is 5.91 Å². The second-order valence-electron chi connectivity index (χ2n) is 4.67. The number of nitrogens with two attached hydrogens (primary N) is 1. The van der Waals surface area contributed by atoms with E-state index in [9.17, 15) is 9.59 Å². The highest BCUT2D eigenvalue weighted by Gasteiger charge is 2.20. The van der Waals surface area contributed by atoms with Crippen molar-refractivity contribution in [3.63, 3.8) is 0 Å². The summed E-state index contributed by atoms with van der Waals surface area (Å²) in [4.78, 5) is 25.3. The Kier molecular flexibility index (Phi) is 5.10. The van der Waals surface area contributed by atoms with Gasteiger partial charge in [0.1, 0.15) is 10.7 Å². The number of para-hydroxylation sites is 1. The number of benzene rings is 1. The van der Waals surface area contributed by atoms with Crippen LogP contribution in [0.4, 0.5) is 0 Å². The minimum absolute atomic E-state index is 0.0686. The summed E-state index contributed by atoms with van der Waals surface area (Å²) in [6.07, 6.45) is 0.737. The second kappa shape index (κ2) is 7.03. The Labute approximate surface area is 128 Å². The molecule has 0 atom stereocenters. The van der Waals surface area contributed by atoms with Gasteiger partial charge in [-0.05, 0) is 18.6 Å². The van der Waals surface area contributed by atoms with Gasteiger partial charge in [0.2, 0.25) is 5.91 Å². The summed E-state index contributed by atoms with van der Waals surface area (Å²) in [5.74, 6) is 0.0896. The number of nitrogens with zero attached hydrogens (tertiary/aromatic N) is 1. The molecule has 0 aliphatic carbocycles. The van der Waals surface area contributed by atoms with E-state index in [-0.39, 0.29) is 30.0 Å². The molecule has 1 aliphatic rings. The van der Waals surface area contributed by atoms with E-state index >= 15 is 0 Å². The Bertz CT molecular complexity index is 562. The van der Waals surface area contributed by atoms with E-state index in [1.807, 2.05) is 0 Å². The maximum atomic E-state index is 12.1. The molecule has 1 aliphatic heterocycles. The molecule has 2 amide bonds. The van der Waals surface area contributed by atoms with Crippen LogP contribution in [0.3, 0.4) is 0 Å². The highest BCUT2D eigenvalue weighted by atomic mass is 32.1. The molecule has 0 unspecified atom stereocenters. The smallest absolute Gasteiger partial charge is 0.260 e. The maximum absolute atomic E-state index is 12.1. The molecule has 0 radical (unpaired) electrons. The van der Waals surface area contributed by atoms with Crippen molar-refractivity contribution in [1.29, 1.82) is 0 Å². The zero-order valence-corrected chi connectivity index (χ0v) is 12.3. The maximum Gasteiger partial charge on any atom is 0.260 e. The van der Waals surface area contributed by atoms with Crippen molar-refractivity contribution >= 4 is 29.0 Å². The van der Waals surface area contributed by atoms with Crippen LogP contribution >= 0.6 is 12.2 Å². The largest absolute Gasteiger partial charge is 0.483 e. The fourth-order valence-corrected chi connectivity index (χ4v) is 2.21. The number of hydrogen-bond donors (Lipinski definition) is 2. The molecule has 1 saturated heterocycles. The second-order valence-corrected chi connectivity index (χ2v) is 5.11. The first-order valence-corrected chi connectivity index (χ1v) is 7.05. The minimum atomic E-state index is -0.232. The van der Waals surface area contributed by atoms with Crippen LogP contribution in [-0.4, -0.2) is 47.9 Å². The molecule has 2 rings (SSSR count). The lowest BCUT2D eigenvalue weighted by Crippen LogP contribution is -2.39. The van der Waals surface area contributed by atoms with Crippen molar-refractivity contribution in [2.45, 2.75) is 6.42 Å². The van der Waals surface area contributed by atoms with Crippen LogP contribution in [0.15, 0.2) is 24.3 Å². The van der Waals surface area contributed by atoms with Gasteiger partial charge in [0.15, 0.2) is 6.61 Å². The lowest BCUT2D eigenvalue weighted by atomic mass is 10.2. The van der Waals surface area contributed by atoms with Gasteiger partial charge in [-0.3, -0.25) is 9.59 Å². The quantitative estimate of drug-likeness (QED) is 0.768. The molecular formula is C14H17N3O3S. The number of carbonyl (C=O) groups excluding carboxylic acids is 2. The lowest BCUT2D eigenvalue weighted by molar-refractivity contribution is -0.136. The van der Waals surface area contributed by atoms with Crippen molar-refractivity contribution in [3.05, 3.63) is 29.8 Å². The minimum Gasteiger partial charge on any atom is -0.483 e. The topological polar surface area (TPSA) is 84.7 Å². The molecule has 6 nitrogen and oxygen atoms in total. The van der Waals surface area contributed by atoms with E-state index < -0.39 is 0 Å². The third-order valence-electron chi connectivity index (χ3n) is 3.12. The van der Waals surface area contributed by atoms with E-state index in [1.165, 1.54) is 4.90 Å². The first kappa shape index (κ1) is 15.2. The van der Waals surface area contributed by atoms with Crippen LogP contribution in [0, 0.1) is 0 Å². The number of thiocarbonyl (C=S) groups is 1. The Balaban J connectivity index is 1.97. The van der Waals surface area contributed by atoms with Gasteiger partial charge in [-0.1, -0.05) is 24.4 Å². The molecule has 0 bridgehead atoms. The van der Waals surface area contributed by atoms with Gasteiger partial charge >= 0.3 is 0 Å². The van der Waals surface area contributed by atoms with Gasteiger partial charge in [0.05, 0.1) is 12.1 Å². The summed E-state index contributed by atoms with van der Waals surface area (Å²) in [5.41, 5.74) is 6.20. The average molecular weight is 307 g/mol. The zero-order chi connectivity index (χ0) is 15.2. The molecule has 1 heterocycles. The van der Waals surface area contributed by atoms with E-state index in [4.69, 9.17) is 22.7 Å². The standard InChI is InChI=1S/C14H17N3O3S/c15-14(21)10-4-1-2-5-11(10)20-9-13(19)17-7-3-6-16-12(18)8-17/h1-2,4-5H,3,6-9H2,(H2,15,21)(H,16,18). The van der Waals surface area contributed by atoms with Crippen LogP contribution in [0.5, 0.6) is 5.75 Å². The summed E-state index contributed by atoms with van der Waals surface area (Å²) in [6.45, 7) is 1.05.